The number of aromatic nitrogens is 2. The minimum atomic E-state index is -1.08. The number of nitrogens with zero attached hydrogens (tertiary/aromatic N) is 1. The van der Waals surface area contributed by atoms with Gasteiger partial charge in [0.25, 0.3) is 5.82 Å². The zero-order chi connectivity index (χ0) is 10.6. The van der Waals surface area contributed by atoms with Crippen molar-refractivity contribution in [3.63, 3.8) is 0 Å². The third-order valence-corrected chi connectivity index (χ3v) is 1.92. The van der Waals surface area contributed by atoms with Crippen LogP contribution in [0.2, 0.25) is 0 Å². The summed E-state index contributed by atoms with van der Waals surface area (Å²) >= 11 is 0. The van der Waals surface area contributed by atoms with Crippen LogP contribution >= 0.6 is 0 Å². The van der Waals surface area contributed by atoms with Gasteiger partial charge in [-0.1, -0.05) is 0 Å². The van der Waals surface area contributed by atoms with Crippen LogP contribution in [-0.4, -0.2) is 11.0 Å². The van der Waals surface area contributed by atoms with E-state index in [1.165, 1.54) is 17.2 Å². The second kappa shape index (κ2) is 4.64. The third kappa shape index (κ3) is 3.73. The smallest absolute Gasteiger partial charge is 0.251 e. The minimum Gasteiger partial charge on any atom is -0.550 e. The maximum atomic E-state index is 8.89. The summed E-state index contributed by atoms with van der Waals surface area (Å²) in [6, 6.07) is 0. The number of H-pyrrole nitrogens is 1. The maximum Gasteiger partial charge on any atom is 0.251 e. The fourth-order valence-electron chi connectivity index (χ4n) is 0.949. The lowest BCUT2D eigenvalue weighted by Gasteiger charge is -1.85. The quantitative estimate of drug-likeness (QED) is 0.554. The zero-order valence-corrected chi connectivity index (χ0v) is 8.76. The second-order valence-corrected chi connectivity index (χ2v) is 2.97. The average Bonchev–Trinajstić information content (AvgIpc) is 2.17. The van der Waals surface area contributed by atoms with E-state index in [1.807, 2.05) is 0 Å². The Hall–Kier alpha value is -1.32. The third-order valence-electron chi connectivity index (χ3n) is 1.92. The van der Waals surface area contributed by atoms with E-state index in [4.69, 9.17) is 9.90 Å². The molecule has 0 atom stereocenters. The van der Waals surface area contributed by atoms with Crippen LogP contribution in [0.4, 0.5) is 0 Å². The Kier molecular flexibility index (Phi) is 4.17. The number of hydrogen-bond acceptors (Lipinski definition) is 2. The topological polar surface area (TPSA) is 59.8 Å². The normalized spacial score (nSPS) is 9.00. The van der Waals surface area contributed by atoms with Gasteiger partial charge in [0, 0.05) is 26.7 Å². The Morgan fingerprint density at radius 3 is 1.85 bits per heavy atom. The van der Waals surface area contributed by atoms with E-state index in [-0.39, 0.29) is 0 Å². The number of carbonyl (C=O) groups is 1. The molecule has 0 fully saturated rings. The van der Waals surface area contributed by atoms with Crippen LogP contribution in [0.25, 0.3) is 0 Å². The van der Waals surface area contributed by atoms with Gasteiger partial charge >= 0.3 is 0 Å². The predicted octanol–water partition coefficient (Wildman–Crippen LogP) is -0.479. The molecular weight excluding hydrogens is 168 g/mol. The standard InChI is InChI=1S/C7H12N2.C2H4O2/c1-5-6(2)9(4)7(3)8-5;1-2(3)4/h1-4H3;1H3,(H,3,4). The van der Waals surface area contributed by atoms with Crippen molar-refractivity contribution in [3.05, 3.63) is 17.2 Å². The number of rotatable bonds is 0. The van der Waals surface area contributed by atoms with Crippen molar-refractivity contribution in [2.45, 2.75) is 27.7 Å². The Morgan fingerprint density at radius 1 is 1.38 bits per heavy atom. The summed E-state index contributed by atoms with van der Waals surface area (Å²) in [5, 5.41) is 8.89. The lowest BCUT2D eigenvalue weighted by Crippen LogP contribution is -2.32. The molecule has 0 saturated carbocycles. The average molecular weight is 184 g/mol. The molecule has 1 heterocycles. The van der Waals surface area contributed by atoms with Gasteiger partial charge in [-0.3, -0.25) is 0 Å². The van der Waals surface area contributed by atoms with E-state index >= 15 is 0 Å². The molecule has 0 aliphatic heterocycles. The molecule has 0 saturated heterocycles. The molecule has 0 amide bonds. The number of carboxylic acids is 1. The maximum absolute atomic E-state index is 8.89. The van der Waals surface area contributed by atoms with Gasteiger partial charge in [0.05, 0.1) is 7.05 Å². The highest BCUT2D eigenvalue weighted by Gasteiger charge is 2.09. The number of nitrogens with one attached hydrogen (secondary N) is 1. The first-order valence-electron chi connectivity index (χ1n) is 4.05. The first-order valence-corrected chi connectivity index (χ1v) is 4.05. The van der Waals surface area contributed by atoms with Gasteiger partial charge < -0.3 is 9.90 Å². The molecule has 1 N–H and O–H groups in total. The van der Waals surface area contributed by atoms with Gasteiger partial charge in [0.1, 0.15) is 11.4 Å². The van der Waals surface area contributed by atoms with Crippen molar-refractivity contribution in [1.29, 1.82) is 0 Å². The van der Waals surface area contributed by atoms with Gasteiger partial charge in [-0.15, -0.1) is 0 Å². The van der Waals surface area contributed by atoms with Crippen LogP contribution in [0.3, 0.4) is 0 Å². The minimum absolute atomic E-state index is 0.972. The SMILES string of the molecule is CC(=O)[O-].Cc1[nH]c(C)[n+](C)c1C. The fourth-order valence-corrected chi connectivity index (χ4v) is 0.949. The summed E-state index contributed by atoms with van der Waals surface area (Å²) < 4.78 is 2.15. The molecule has 0 radical (unpaired) electrons. The van der Waals surface area contributed by atoms with E-state index in [9.17, 15) is 0 Å². The monoisotopic (exact) mass is 184 g/mol. The van der Waals surface area contributed by atoms with Gasteiger partial charge in [0.15, 0.2) is 0 Å². The number of imidazole rings is 1. The van der Waals surface area contributed by atoms with Crippen LogP contribution in [-0.2, 0) is 11.8 Å². The van der Waals surface area contributed by atoms with Crippen LogP contribution in [0.1, 0.15) is 24.1 Å². The Balaban J connectivity index is 0.000000310. The highest BCUT2D eigenvalue weighted by molar-refractivity contribution is 5.60. The van der Waals surface area contributed by atoms with Crippen LogP contribution in [0.15, 0.2) is 0 Å². The highest BCUT2D eigenvalue weighted by Crippen LogP contribution is 1.97. The molecule has 1 rings (SSSR count). The molecule has 13 heavy (non-hydrogen) atoms. The number of carbonyl (C=O) groups excluding carboxylic acids is 1. The van der Waals surface area contributed by atoms with Gasteiger partial charge in [-0.25, -0.2) is 9.55 Å². The molecule has 74 valence electrons. The number of carboxylic acid groups (broad SMARTS) is 1. The van der Waals surface area contributed by atoms with Crippen molar-refractivity contribution >= 4 is 5.97 Å². The molecule has 4 heteroatoms. The van der Waals surface area contributed by atoms with Gasteiger partial charge in [0.2, 0.25) is 0 Å². The Labute approximate surface area is 78.2 Å². The molecule has 0 aliphatic carbocycles. The lowest BCUT2D eigenvalue weighted by molar-refractivity contribution is -0.682. The van der Waals surface area contributed by atoms with E-state index in [0.717, 1.165) is 6.92 Å². The van der Waals surface area contributed by atoms with E-state index in [0.29, 0.717) is 0 Å². The number of aryl methyl sites for hydroxylation is 2. The first-order chi connectivity index (χ1) is 5.86. The summed E-state index contributed by atoms with van der Waals surface area (Å²) in [4.78, 5) is 12.1. The zero-order valence-electron chi connectivity index (χ0n) is 8.76. The van der Waals surface area contributed by atoms with Crippen molar-refractivity contribution in [1.82, 2.24) is 4.98 Å². The molecule has 0 aliphatic rings. The second-order valence-electron chi connectivity index (χ2n) is 2.97. The van der Waals surface area contributed by atoms with Crippen LogP contribution in [0.5, 0.6) is 0 Å². The van der Waals surface area contributed by atoms with Gasteiger partial charge in [-0.2, -0.15) is 0 Å². The molecule has 1 aromatic heterocycles. The lowest BCUT2D eigenvalue weighted by atomic mass is 10.4. The predicted molar refractivity (Wildman–Crippen MR) is 46.9 cm³/mol. The summed E-state index contributed by atoms with van der Waals surface area (Å²) in [5.74, 6) is 0.130. The molecule has 0 spiro atoms. The molecule has 0 bridgehead atoms. The molecule has 0 aromatic carbocycles. The summed E-state index contributed by atoms with van der Waals surface area (Å²) in [6.45, 7) is 7.24. The number of aromatic amines is 1. The van der Waals surface area contributed by atoms with E-state index in [1.54, 1.807) is 0 Å². The van der Waals surface area contributed by atoms with E-state index < -0.39 is 5.97 Å². The van der Waals surface area contributed by atoms with Gasteiger partial charge in [-0.05, 0) is 6.92 Å². The molecule has 4 nitrogen and oxygen atoms in total. The first kappa shape index (κ1) is 11.7. The van der Waals surface area contributed by atoms with Crippen molar-refractivity contribution < 1.29 is 14.5 Å². The largest absolute Gasteiger partial charge is 0.550 e. The fraction of sp³-hybridized carbons (Fsp3) is 0.556. The summed E-state index contributed by atoms with van der Waals surface area (Å²) in [6.07, 6.45) is 0. The van der Waals surface area contributed by atoms with Crippen LogP contribution in [0, 0.1) is 20.8 Å². The highest BCUT2D eigenvalue weighted by atomic mass is 16.4. The number of hydrogen-bond donors (Lipinski definition) is 1. The Bertz CT molecular complexity index is 276. The van der Waals surface area contributed by atoms with Crippen molar-refractivity contribution in [2.75, 3.05) is 0 Å². The molecular formula is C9H16N2O2. The summed E-state index contributed by atoms with van der Waals surface area (Å²) in [5.41, 5.74) is 2.57. The van der Waals surface area contributed by atoms with E-state index in [2.05, 4.69) is 37.4 Å². The number of aliphatic carboxylic acids is 1. The van der Waals surface area contributed by atoms with Crippen molar-refractivity contribution in [3.8, 4) is 0 Å². The van der Waals surface area contributed by atoms with Crippen LogP contribution < -0.4 is 9.67 Å². The Morgan fingerprint density at radius 2 is 1.77 bits per heavy atom. The molecule has 0 unspecified atom stereocenters. The van der Waals surface area contributed by atoms with Crippen molar-refractivity contribution in [2.24, 2.45) is 7.05 Å². The molecule has 1 aromatic rings. The summed E-state index contributed by atoms with van der Waals surface area (Å²) in [7, 11) is 2.06.